The van der Waals surface area contributed by atoms with Crippen LogP contribution in [-0.4, -0.2) is 20.0 Å². The van der Waals surface area contributed by atoms with E-state index in [2.05, 4.69) is 0 Å². The minimum absolute atomic E-state index is 0.0175. The van der Waals surface area contributed by atoms with E-state index >= 15 is 0 Å². The number of hydrogen-bond donors (Lipinski definition) is 0. The molecule has 4 heteroatoms. The minimum atomic E-state index is -0.0749. The average molecular weight is 271 g/mol. The first-order valence-electron chi connectivity index (χ1n) is 5.74. The maximum absolute atomic E-state index is 12.2. The summed E-state index contributed by atoms with van der Waals surface area (Å²) in [6, 6.07) is 3.37. The van der Waals surface area contributed by atoms with Gasteiger partial charge in [0, 0.05) is 6.42 Å². The molecule has 0 unspecified atom stereocenters. The van der Waals surface area contributed by atoms with Crippen LogP contribution in [0.5, 0.6) is 11.5 Å². The summed E-state index contributed by atoms with van der Waals surface area (Å²) < 4.78 is 10.3. The zero-order valence-electron chi connectivity index (χ0n) is 11.5. The number of carbonyl (C=O) groups is 1. The molecule has 3 nitrogen and oxygen atoms in total. The van der Waals surface area contributed by atoms with E-state index in [4.69, 9.17) is 21.1 Å². The SMILES string of the molecule is COc1ccc(C(=O)CC(C)(C)C)c(OC)c1Cl. The van der Waals surface area contributed by atoms with Gasteiger partial charge >= 0.3 is 0 Å². The lowest BCUT2D eigenvalue weighted by molar-refractivity contribution is 0.0937. The molecule has 0 aromatic heterocycles. The van der Waals surface area contributed by atoms with Crippen LogP contribution in [0.3, 0.4) is 0 Å². The van der Waals surface area contributed by atoms with Crippen LogP contribution in [0.1, 0.15) is 37.6 Å². The van der Waals surface area contributed by atoms with Crippen molar-refractivity contribution < 1.29 is 14.3 Å². The number of benzene rings is 1. The van der Waals surface area contributed by atoms with Gasteiger partial charge in [-0.1, -0.05) is 32.4 Å². The van der Waals surface area contributed by atoms with Crippen molar-refractivity contribution in [1.82, 2.24) is 0 Å². The number of carbonyl (C=O) groups excluding carboxylic acids is 1. The van der Waals surface area contributed by atoms with Crippen LogP contribution in [0.15, 0.2) is 12.1 Å². The molecule has 1 aromatic rings. The maximum atomic E-state index is 12.2. The van der Waals surface area contributed by atoms with Crippen molar-refractivity contribution in [3.8, 4) is 11.5 Å². The number of ether oxygens (including phenoxy) is 2. The van der Waals surface area contributed by atoms with E-state index in [1.807, 2.05) is 20.8 Å². The van der Waals surface area contributed by atoms with Gasteiger partial charge < -0.3 is 9.47 Å². The molecule has 0 radical (unpaired) electrons. The van der Waals surface area contributed by atoms with E-state index in [0.717, 1.165) is 0 Å². The zero-order valence-corrected chi connectivity index (χ0v) is 12.2. The average Bonchev–Trinajstić information content (AvgIpc) is 2.26. The third-order valence-corrected chi connectivity index (χ3v) is 2.83. The minimum Gasteiger partial charge on any atom is -0.495 e. The summed E-state index contributed by atoms with van der Waals surface area (Å²) in [5, 5.41) is 0.333. The smallest absolute Gasteiger partial charge is 0.167 e. The van der Waals surface area contributed by atoms with Gasteiger partial charge in [-0.15, -0.1) is 0 Å². The van der Waals surface area contributed by atoms with Crippen molar-refractivity contribution in [1.29, 1.82) is 0 Å². The number of methoxy groups -OCH3 is 2. The molecule has 18 heavy (non-hydrogen) atoms. The van der Waals surface area contributed by atoms with Crippen LogP contribution < -0.4 is 9.47 Å². The van der Waals surface area contributed by atoms with Crippen LogP contribution in [0, 0.1) is 5.41 Å². The summed E-state index contributed by atoms with van der Waals surface area (Å²) in [4.78, 5) is 12.2. The van der Waals surface area contributed by atoms with E-state index in [9.17, 15) is 4.79 Å². The lowest BCUT2D eigenvalue weighted by Gasteiger charge is -2.18. The Bertz CT molecular complexity index is 447. The molecule has 0 aliphatic heterocycles. The fourth-order valence-corrected chi connectivity index (χ4v) is 2.01. The molecule has 0 fully saturated rings. The topological polar surface area (TPSA) is 35.5 Å². The summed E-state index contributed by atoms with van der Waals surface area (Å²) in [6.07, 6.45) is 0.437. The lowest BCUT2D eigenvalue weighted by Crippen LogP contribution is -2.14. The molecule has 1 rings (SSSR count). The van der Waals surface area contributed by atoms with Crippen molar-refractivity contribution >= 4 is 17.4 Å². The van der Waals surface area contributed by atoms with Crippen LogP contribution in [0.25, 0.3) is 0 Å². The summed E-state index contributed by atoms with van der Waals surface area (Å²) in [5.74, 6) is 0.898. The third-order valence-electron chi connectivity index (χ3n) is 2.48. The Balaban J connectivity index is 3.17. The normalized spacial score (nSPS) is 11.2. The fourth-order valence-electron chi connectivity index (χ4n) is 1.69. The molecule has 0 bridgehead atoms. The third kappa shape index (κ3) is 3.39. The van der Waals surface area contributed by atoms with Crippen molar-refractivity contribution in [2.24, 2.45) is 5.41 Å². The van der Waals surface area contributed by atoms with E-state index in [1.54, 1.807) is 12.1 Å². The highest BCUT2D eigenvalue weighted by atomic mass is 35.5. The standard InChI is InChI=1S/C14H19ClO3/c1-14(2,3)8-10(16)9-6-7-11(17-4)12(15)13(9)18-5/h6-7H,8H2,1-5H3. The first kappa shape index (κ1) is 14.8. The Labute approximate surface area is 113 Å². The van der Waals surface area contributed by atoms with E-state index in [-0.39, 0.29) is 11.2 Å². The molecule has 100 valence electrons. The number of halogens is 1. The van der Waals surface area contributed by atoms with Crippen molar-refractivity contribution in [2.45, 2.75) is 27.2 Å². The molecule has 0 amide bonds. The second-order valence-corrected chi connectivity index (χ2v) is 5.70. The van der Waals surface area contributed by atoms with Gasteiger partial charge in [-0.25, -0.2) is 0 Å². The van der Waals surface area contributed by atoms with Gasteiger partial charge in [0.05, 0.1) is 19.8 Å². The number of ketones is 1. The lowest BCUT2D eigenvalue weighted by atomic mass is 9.87. The molecular weight excluding hydrogens is 252 g/mol. The van der Waals surface area contributed by atoms with E-state index < -0.39 is 0 Å². The first-order valence-corrected chi connectivity index (χ1v) is 6.11. The largest absolute Gasteiger partial charge is 0.495 e. The highest BCUT2D eigenvalue weighted by molar-refractivity contribution is 6.34. The molecule has 0 aliphatic rings. The second-order valence-electron chi connectivity index (χ2n) is 5.32. The van der Waals surface area contributed by atoms with Gasteiger partial charge in [0.15, 0.2) is 11.5 Å². The van der Waals surface area contributed by atoms with Crippen LogP contribution >= 0.6 is 11.6 Å². The first-order chi connectivity index (χ1) is 8.30. The number of rotatable bonds is 4. The Morgan fingerprint density at radius 2 is 1.83 bits per heavy atom. The van der Waals surface area contributed by atoms with Crippen LogP contribution in [-0.2, 0) is 0 Å². The molecular formula is C14H19ClO3. The summed E-state index contributed by atoms with van der Waals surface area (Å²) in [7, 11) is 3.02. The molecule has 0 spiro atoms. The van der Waals surface area contributed by atoms with Gasteiger partial charge in [-0.3, -0.25) is 4.79 Å². The summed E-state index contributed by atoms with van der Waals surface area (Å²) in [5.41, 5.74) is 0.423. The van der Waals surface area contributed by atoms with E-state index in [1.165, 1.54) is 14.2 Å². The number of Topliss-reactive ketones (excluding diaryl/α,β-unsaturated/α-hetero) is 1. The molecule has 0 saturated carbocycles. The maximum Gasteiger partial charge on any atom is 0.167 e. The van der Waals surface area contributed by atoms with Crippen molar-refractivity contribution in [3.05, 3.63) is 22.7 Å². The quantitative estimate of drug-likeness (QED) is 0.777. The Morgan fingerprint density at radius 1 is 1.22 bits per heavy atom. The van der Waals surface area contributed by atoms with Gasteiger partial charge in [-0.05, 0) is 17.5 Å². The predicted molar refractivity (Wildman–Crippen MR) is 73.0 cm³/mol. The molecule has 0 aliphatic carbocycles. The molecule has 0 heterocycles. The molecule has 0 saturated heterocycles. The zero-order chi connectivity index (χ0) is 13.9. The highest BCUT2D eigenvalue weighted by Gasteiger charge is 2.22. The van der Waals surface area contributed by atoms with Crippen LogP contribution in [0.2, 0.25) is 5.02 Å². The molecule has 1 aromatic carbocycles. The number of hydrogen-bond acceptors (Lipinski definition) is 3. The van der Waals surface area contributed by atoms with Gasteiger partial charge in [0.1, 0.15) is 10.8 Å². The van der Waals surface area contributed by atoms with Crippen molar-refractivity contribution in [2.75, 3.05) is 14.2 Å². The Hall–Kier alpha value is -1.22. The van der Waals surface area contributed by atoms with Gasteiger partial charge in [0.25, 0.3) is 0 Å². The Kier molecular flexibility index (Phi) is 4.63. The van der Waals surface area contributed by atoms with Gasteiger partial charge in [0.2, 0.25) is 0 Å². The molecule has 0 atom stereocenters. The van der Waals surface area contributed by atoms with Gasteiger partial charge in [-0.2, -0.15) is 0 Å². The van der Waals surface area contributed by atoms with Crippen LogP contribution in [0.4, 0.5) is 0 Å². The monoisotopic (exact) mass is 270 g/mol. The highest BCUT2D eigenvalue weighted by Crippen LogP contribution is 2.38. The fraction of sp³-hybridized carbons (Fsp3) is 0.500. The Morgan fingerprint density at radius 3 is 2.28 bits per heavy atom. The van der Waals surface area contributed by atoms with Crippen molar-refractivity contribution in [3.63, 3.8) is 0 Å². The predicted octanol–water partition coefficient (Wildman–Crippen LogP) is 3.98. The molecule has 0 N–H and O–H groups in total. The second kappa shape index (κ2) is 5.61. The van der Waals surface area contributed by atoms with E-state index in [0.29, 0.717) is 28.5 Å². The summed E-state index contributed by atoms with van der Waals surface area (Å²) in [6.45, 7) is 6.05. The summed E-state index contributed by atoms with van der Waals surface area (Å²) >= 11 is 6.13.